The van der Waals surface area contributed by atoms with Gasteiger partial charge in [-0.15, -0.1) is 0 Å². The zero-order chi connectivity index (χ0) is 11.5. The number of ether oxygens (including phenoxy) is 1. The molecule has 0 saturated heterocycles. The van der Waals surface area contributed by atoms with Gasteiger partial charge in [-0.1, -0.05) is 20.8 Å². The van der Waals surface area contributed by atoms with E-state index in [1.54, 1.807) is 6.07 Å². The fraction of sp³-hybridized carbons (Fsp3) is 0.500. The predicted molar refractivity (Wildman–Crippen MR) is 60.4 cm³/mol. The van der Waals surface area contributed by atoms with Crippen molar-refractivity contribution in [2.75, 3.05) is 12.3 Å². The van der Waals surface area contributed by atoms with Gasteiger partial charge in [-0.2, -0.15) is 0 Å². The van der Waals surface area contributed by atoms with Crippen LogP contribution < -0.4 is 10.5 Å². The van der Waals surface area contributed by atoms with E-state index in [4.69, 9.17) is 10.5 Å². The summed E-state index contributed by atoms with van der Waals surface area (Å²) in [4.78, 5) is 0. The van der Waals surface area contributed by atoms with Crippen LogP contribution in [-0.2, 0) is 0 Å². The van der Waals surface area contributed by atoms with E-state index in [1.807, 2.05) is 0 Å². The summed E-state index contributed by atoms with van der Waals surface area (Å²) in [5.41, 5.74) is 6.11. The number of halogens is 1. The summed E-state index contributed by atoms with van der Waals surface area (Å²) in [7, 11) is 0. The largest absolute Gasteiger partial charge is 0.493 e. The lowest BCUT2D eigenvalue weighted by molar-refractivity contribution is 0.242. The molecule has 1 aromatic rings. The Hall–Kier alpha value is -1.25. The molecule has 0 unspecified atom stereocenters. The third-order valence-corrected chi connectivity index (χ3v) is 2.01. The number of hydrogen-bond acceptors (Lipinski definition) is 2. The normalized spacial score (nSPS) is 11.5. The molecule has 0 aliphatic carbocycles. The van der Waals surface area contributed by atoms with Crippen molar-refractivity contribution in [3.63, 3.8) is 0 Å². The molecule has 0 aliphatic rings. The fourth-order valence-electron chi connectivity index (χ4n) is 1.14. The number of hydrogen-bond donors (Lipinski definition) is 1. The molecule has 0 atom stereocenters. The van der Waals surface area contributed by atoms with Crippen LogP contribution in [0, 0.1) is 11.2 Å². The van der Waals surface area contributed by atoms with Gasteiger partial charge in [0.25, 0.3) is 0 Å². The summed E-state index contributed by atoms with van der Waals surface area (Å²) in [6, 6.07) is 4.25. The standard InChI is InChI=1S/C12H18FNO/c1-12(2,3)4-5-15-11-7-9(13)6-10(14)8-11/h6-8H,4-5,14H2,1-3H3. The van der Waals surface area contributed by atoms with Gasteiger partial charge in [-0.05, 0) is 17.9 Å². The molecule has 2 N–H and O–H groups in total. The molecule has 1 rings (SSSR count). The van der Waals surface area contributed by atoms with Crippen molar-refractivity contribution in [2.24, 2.45) is 5.41 Å². The molecule has 0 aromatic heterocycles. The Morgan fingerprint density at radius 3 is 2.47 bits per heavy atom. The fourth-order valence-corrected chi connectivity index (χ4v) is 1.14. The Morgan fingerprint density at radius 2 is 1.93 bits per heavy atom. The van der Waals surface area contributed by atoms with E-state index >= 15 is 0 Å². The minimum Gasteiger partial charge on any atom is -0.493 e. The van der Waals surface area contributed by atoms with Crippen molar-refractivity contribution in [3.05, 3.63) is 24.0 Å². The summed E-state index contributed by atoms with van der Waals surface area (Å²) in [6.07, 6.45) is 0.920. The Kier molecular flexibility index (Phi) is 3.56. The van der Waals surface area contributed by atoms with E-state index < -0.39 is 0 Å². The van der Waals surface area contributed by atoms with E-state index in [-0.39, 0.29) is 11.2 Å². The van der Waals surface area contributed by atoms with Crippen LogP contribution in [0.25, 0.3) is 0 Å². The second-order valence-corrected chi connectivity index (χ2v) is 4.88. The zero-order valence-corrected chi connectivity index (χ0v) is 9.51. The molecule has 0 bridgehead atoms. The molecular weight excluding hydrogens is 193 g/mol. The lowest BCUT2D eigenvalue weighted by Crippen LogP contribution is -2.11. The van der Waals surface area contributed by atoms with Crippen molar-refractivity contribution in [3.8, 4) is 5.75 Å². The summed E-state index contributed by atoms with van der Waals surface area (Å²) in [6.45, 7) is 6.98. The summed E-state index contributed by atoms with van der Waals surface area (Å²) in [5.74, 6) is 0.137. The molecule has 0 fully saturated rings. The molecule has 0 saturated carbocycles. The number of nitrogen functional groups attached to an aromatic ring is 1. The molecule has 3 heteroatoms. The van der Waals surface area contributed by atoms with Crippen molar-refractivity contribution < 1.29 is 9.13 Å². The highest BCUT2D eigenvalue weighted by molar-refractivity contribution is 5.44. The van der Waals surface area contributed by atoms with Crippen LogP contribution in [-0.4, -0.2) is 6.61 Å². The highest BCUT2D eigenvalue weighted by atomic mass is 19.1. The first-order chi connectivity index (χ1) is 6.87. The van der Waals surface area contributed by atoms with E-state index in [1.165, 1.54) is 12.1 Å². The van der Waals surface area contributed by atoms with E-state index in [9.17, 15) is 4.39 Å². The number of benzene rings is 1. The van der Waals surface area contributed by atoms with Gasteiger partial charge in [-0.3, -0.25) is 0 Å². The van der Waals surface area contributed by atoms with Gasteiger partial charge in [0.2, 0.25) is 0 Å². The third-order valence-electron chi connectivity index (χ3n) is 2.01. The summed E-state index contributed by atoms with van der Waals surface area (Å²) < 4.78 is 18.4. The first-order valence-corrected chi connectivity index (χ1v) is 5.06. The highest BCUT2D eigenvalue weighted by Crippen LogP contribution is 2.21. The molecular formula is C12H18FNO. The van der Waals surface area contributed by atoms with E-state index in [2.05, 4.69) is 20.8 Å². The van der Waals surface area contributed by atoms with Crippen LogP contribution in [0.15, 0.2) is 18.2 Å². The Morgan fingerprint density at radius 1 is 1.27 bits per heavy atom. The minimum absolute atomic E-state index is 0.221. The second kappa shape index (κ2) is 4.51. The van der Waals surface area contributed by atoms with Crippen molar-refractivity contribution in [2.45, 2.75) is 27.2 Å². The molecule has 0 spiro atoms. The summed E-state index contributed by atoms with van der Waals surface area (Å²) >= 11 is 0. The minimum atomic E-state index is -0.360. The zero-order valence-electron chi connectivity index (χ0n) is 9.51. The predicted octanol–water partition coefficient (Wildman–Crippen LogP) is 3.22. The third kappa shape index (κ3) is 4.68. The Bertz CT molecular complexity index is 311. The van der Waals surface area contributed by atoms with Crippen molar-refractivity contribution >= 4 is 5.69 Å². The lowest BCUT2D eigenvalue weighted by atomic mass is 9.93. The Labute approximate surface area is 90.2 Å². The maximum Gasteiger partial charge on any atom is 0.128 e. The van der Waals surface area contributed by atoms with Crippen molar-refractivity contribution in [1.29, 1.82) is 0 Å². The lowest BCUT2D eigenvalue weighted by Gasteiger charge is -2.18. The molecule has 2 nitrogen and oxygen atoms in total. The van der Waals surface area contributed by atoms with Crippen molar-refractivity contribution in [1.82, 2.24) is 0 Å². The van der Waals surface area contributed by atoms with Gasteiger partial charge in [-0.25, -0.2) is 4.39 Å². The SMILES string of the molecule is CC(C)(C)CCOc1cc(N)cc(F)c1. The molecule has 0 amide bonds. The molecule has 84 valence electrons. The average Bonchev–Trinajstić information content (AvgIpc) is 1.99. The Balaban J connectivity index is 2.51. The molecule has 15 heavy (non-hydrogen) atoms. The van der Waals surface area contributed by atoms with Crippen LogP contribution in [0.1, 0.15) is 27.2 Å². The molecule has 0 heterocycles. The van der Waals surface area contributed by atoms with Gasteiger partial charge in [0.1, 0.15) is 11.6 Å². The maximum absolute atomic E-state index is 12.9. The topological polar surface area (TPSA) is 35.2 Å². The number of nitrogens with two attached hydrogens (primary N) is 1. The van der Waals surface area contributed by atoms with Gasteiger partial charge >= 0.3 is 0 Å². The van der Waals surface area contributed by atoms with Gasteiger partial charge in [0.05, 0.1) is 6.61 Å². The van der Waals surface area contributed by atoms with E-state index in [0.29, 0.717) is 18.0 Å². The monoisotopic (exact) mass is 211 g/mol. The van der Waals surface area contributed by atoms with E-state index in [0.717, 1.165) is 6.42 Å². The van der Waals surface area contributed by atoms with Crippen LogP contribution in [0.5, 0.6) is 5.75 Å². The van der Waals surface area contributed by atoms with Crippen LogP contribution in [0.2, 0.25) is 0 Å². The first-order valence-electron chi connectivity index (χ1n) is 5.06. The average molecular weight is 211 g/mol. The quantitative estimate of drug-likeness (QED) is 0.779. The molecule has 1 aromatic carbocycles. The summed E-state index contributed by atoms with van der Waals surface area (Å²) in [5, 5.41) is 0. The molecule has 0 aliphatic heterocycles. The van der Waals surface area contributed by atoms with Gasteiger partial charge in [0, 0.05) is 17.8 Å². The number of anilines is 1. The van der Waals surface area contributed by atoms with Crippen LogP contribution in [0.3, 0.4) is 0 Å². The maximum atomic E-state index is 12.9. The second-order valence-electron chi connectivity index (χ2n) is 4.88. The van der Waals surface area contributed by atoms with Crippen LogP contribution in [0.4, 0.5) is 10.1 Å². The first kappa shape index (κ1) is 11.8. The van der Waals surface area contributed by atoms with Gasteiger partial charge < -0.3 is 10.5 Å². The highest BCUT2D eigenvalue weighted by Gasteiger charge is 2.10. The van der Waals surface area contributed by atoms with Gasteiger partial charge in [0.15, 0.2) is 0 Å². The van der Waals surface area contributed by atoms with Crippen LogP contribution >= 0.6 is 0 Å². The number of rotatable bonds is 3. The molecule has 0 radical (unpaired) electrons. The smallest absolute Gasteiger partial charge is 0.128 e.